The first kappa shape index (κ1) is 13.2. The minimum Gasteiger partial charge on any atom is -0.394 e. The third-order valence-corrected chi connectivity index (χ3v) is 5.98. The van der Waals surface area contributed by atoms with E-state index in [4.69, 9.17) is 0 Å². The van der Waals surface area contributed by atoms with Crippen LogP contribution in [0.15, 0.2) is 17.6 Å². The van der Waals surface area contributed by atoms with Gasteiger partial charge in [-0.05, 0) is 18.9 Å². The molecule has 5 nitrogen and oxygen atoms in total. The highest BCUT2D eigenvalue weighted by molar-refractivity contribution is 7.21. The number of carbonyl (C=O) groups excluding carboxylic acids is 1. The number of aliphatic hydroxyl groups excluding tert-OH is 1. The molecule has 1 aliphatic carbocycles. The minimum atomic E-state index is -0.427. The minimum absolute atomic E-state index is 0.0115. The maximum absolute atomic E-state index is 12.5. The molecule has 3 heterocycles. The van der Waals surface area contributed by atoms with Crippen LogP contribution in [0.4, 0.5) is 0 Å². The summed E-state index contributed by atoms with van der Waals surface area (Å²) in [5, 5.41) is 14.6. The van der Waals surface area contributed by atoms with E-state index in [9.17, 15) is 9.90 Å². The molecule has 21 heavy (non-hydrogen) atoms. The largest absolute Gasteiger partial charge is 0.394 e. The zero-order valence-electron chi connectivity index (χ0n) is 11.3. The Kier molecular flexibility index (Phi) is 3.02. The van der Waals surface area contributed by atoms with Crippen molar-refractivity contribution >= 4 is 43.9 Å². The first-order valence-corrected chi connectivity index (χ1v) is 8.69. The van der Waals surface area contributed by atoms with E-state index in [1.54, 1.807) is 11.3 Å². The molecule has 1 saturated carbocycles. The zero-order chi connectivity index (χ0) is 14.4. The molecule has 1 aliphatic rings. The van der Waals surface area contributed by atoms with Gasteiger partial charge in [-0.3, -0.25) is 9.20 Å². The Morgan fingerprint density at radius 3 is 3.05 bits per heavy atom. The number of rotatable bonds is 3. The summed E-state index contributed by atoms with van der Waals surface area (Å²) in [5.41, 5.74) is 0.550. The van der Waals surface area contributed by atoms with E-state index in [1.165, 1.54) is 11.3 Å². The van der Waals surface area contributed by atoms with Gasteiger partial charge in [-0.25, -0.2) is 4.98 Å². The number of amides is 1. The lowest BCUT2D eigenvalue weighted by atomic mass is 9.99. The summed E-state index contributed by atoms with van der Waals surface area (Å²) in [4.78, 5) is 19.5. The number of nitrogens with zero attached hydrogens (tertiary/aromatic N) is 2. The van der Waals surface area contributed by atoms with Crippen molar-refractivity contribution in [3.05, 3.63) is 22.5 Å². The van der Waals surface area contributed by atoms with Gasteiger partial charge in [0.2, 0.25) is 0 Å². The Hall–Kier alpha value is -1.44. The van der Waals surface area contributed by atoms with Gasteiger partial charge in [0.25, 0.3) is 5.91 Å². The van der Waals surface area contributed by atoms with Crippen molar-refractivity contribution in [1.29, 1.82) is 0 Å². The van der Waals surface area contributed by atoms with E-state index in [1.807, 2.05) is 22.0 Å². The Bertz CT molecular complexity index is 811. The normalized spacial score (nSPS) is 17.8. The summed E-state index contributed by atoms with van der Waals surface area (Å²) in [6.07, 6.45) is 5.80. The Morgan fingerprint density at radius 2 is 2.29 bits per heavy atom. The molecule has 3 aromatic rings. The first-order valence-electron chi connectivity index (χ1n) is 6.99. The summed E-state index contributed by atoms with van der Waals surface area (Å²) in [7, 11) is 0. The van der Waals surface area contributed by atoms with Crippen LogP contribution in [0.3, 0.4) is 0 Å². The monoisotopic (exact) mass is 321 g/mol. The predicted octanol–water partition coefficient (Wildman–Crippen LogP) is 2.65. The molecule has 0 atom stereocenters. The van der Waals surface area contributed by atoms with Crippen molar-refractivity contribution in [3.8, 4) is 0 Å². The highest BCUT2D eigenvalue weighted by Gasteiger charge is 2.35. The van der Waals surface area contributed by atoms with Gasteiger partial charge in [0.1, 0.15) is 4.83 Å². The van der Waals surface area contributed by atoms with Gasteiger partial charge >= 0.3 is 0 Å². The second-order valence-electron chi connectivity index (χ2n) is 5.57. The average Bonchev–Trinajstić information content (AvgIpc) is 3.18. The Labute approximate surface area is 129 Å². The van der Waals surface area contributed by atoms with Crippen LogP contribution >= 0.6 is 22.7 Å². The van der Waals surface area contributed by atoms with E-state index in [0.717, 1.165) is 41.0 Å². The smallest absolute Gasteiger partial charge is 0.262 e. The average molecular weight is 321 g/mol. The molecule has 4 rings (SSSR count). The van der Waals surface area contributed by atoms with Crippen LogP contribution in [-0.4, -0.2) is 32.5 Å². The molecule has 0 aromatic carbocycles. The number of imidazole rings is 1. The van der Waals surface area contributed by atoms with Gasteiger partial charge in [-0.1, -0.05) is 12.8 Å². The van der Waals surface area contributed by atoms with Crippen LogP contribution in [0.1, 0.15) is 35.4 Å². The number of thiazole rings is 1. The SMILES string of the molecule is O=C(NC1(CO)CCCC1)c1cc2c(nc3sccn32)s1. The fraction of sp³-hybridized carbons (Fsp3) is 0.429. The highest BCUT2D eigenvalue weighted by atomic mass is 32.1. The number of aromatic nitrogens is 2. The van der Waals surface area contributed by atoms with E-state index in [2.05, 4.69) is 10.3 Å². The van der Waals surface area contributed by atoms with Gasteiger partial charge in [0.05, 0.1) is 22.5 Å². The van der Waals surface area contributed by atoms with Crippen molar-refractivity contribution in [3.63, 3.8) is 0 Å². The fourth-order valence-electron chi connectivity index (χ4n) is 3.04. The molecular weight excluding hydrogens is 306 g/mol. The second-order valence-corrected chi connectivity index (χ2v) is 7.47. The van der Waals surface area contributed by atoms with E-state index in [-0.39, 0.29) is 12.5 Å². The number of hydrogen-bond acceptors (Lipinski definition) is 5. The molecule has 0 bridgehead atoms. The Morgan fingerprint density at radius 1 is 1.48 bits per heavy atom. The number of thiophene rings is 1. The lowest BCUT2D eigenvalue weighted by Crippen LogP contribution is -2.49. The van der Waals surface area contributed by atoms with Gasteiger partial charge in [0, 0.05) is 11.6 Å². The predicted molar refractivity (Wildman–Crippen MR) is 84.2 cm³/mol. The Balaban J connectivity index is 1.65. The molecule has 0 aliphatic heterocycles. The van der Waals surface area contributed by atoms with Crippen LogP contribution in [0.2, 0.25) is 0 Å². The summed E-state index contributed by atoms with van der Waals surface area (Å²) >= 11 is 3.00. The lowest BCUT2D eigenvalue weighted by molar-refractivity contribution is 0.0842. The van der Waals surface area contributed by atoms with Crippen molar-refractivity contribution in [1.82, 2.24) is 14.7 Å². The van der Waals surface area contributed by atoms with Gasteiger partial charge in [-0.2, -0.15) is 0 Å². The van der Waals surface area contributed by atoms with E-state index in [0.29, 0.717) is 4.88 Å². The number of aliphatic hydroxyl groups is 1. The molecule has 7 heteroatoms. The highest BCUT2D eigenvalue weighted by Crippen LogP contribution is 2.31. The fourth-order valence-corrected chi connectivity index (χ4v) is 4.73. The van der Waals surface area contributed by atoms with Crippen molar-refractivity contribution in [2.45, 2.75) is 31.2 Å². The summed E-state index contributed by atoms with van der Waals surface area (Å²) < 4.78 is 2.00. The van der Waals surface area contributed by atoms with Gasteiger partial charge in [0.15, 0.2) is 4.96 Å². The third kappa shape index (κ3) is 2.07. The van der Waals surface area contributed by atoms with Crippen LogP contribution < -0.4 is 5.32 Å². The molecule has 0 saturated heterocycles. The van der Waals surface area contributed by atoms with Crippen LogP contribution in [-0.2, 0) is 0 Å². The molecular formula is C14H15N3O2S2. The standard InChI is InChI=1S/C14H15N3O2S2/c18-8-14(3-1-2-4-14)16-11(19)10-7-9-12(21-10)15-13-17(9)5-6-20-13/h5-7,18H,1-4,8H2,(H,16,19). The molecule has 1 fully saturated rings. The lowest BCUT2D eigenvalue weighted by Gasteiger charge is -2.27. The van der Waals surface area contributed by atoms with Crippen LogP contribution in [0.5, 0.6) is 0 Å². The molecule has 0 unspecified atom stereocenters. The topological polar surface area (TPSA) is 66.6 Å². The summed E-state index contributed by atoms with van der Waals surface area (Å²) in [6.45, 7) is 0.0115. The van der Waals surface area contributed by atoms with Crippen LogP contribution in [0.25, 0.3) is 15.3 Å². The van der Waals surface area contributed by atoms with E-state index < -0.39 is 5.54 Å². The van der Waals surface area contributed by atoms with Crippen molar-refractivity contribution in [2.75, 3.05) is 6.61 Å². The maximum atomic E-state index is 12.5. The van der Waals surface area contributed by atoms with Crippen LogP contribution in [0, 0.1) is 0 Å². The molecule has 1 amide bonds. The van der Waals surface area contributed by atoms with Gasteiger partial charge in [-0.15, -0.1) is 22.7 Å². The zero-order valence-corrected chi connectivity index (χ0v) is 13.0. The molecule has 0 radical (unpaired) electrons. The molecule has 110 valence electrons. The molecule has 0 spiro atoms. The summed E-state index contributed by atoms with van der Waals surface area (Å²) in [5.74, 6) is -0.0991. The molecule has 3 aromatic heterocycles. The van der Waals surface area contributed by atoms with E-state index >= 15 is 0 Å². The third-order valence-electron chi connectivity index (χ3n) is 4.21. The number of hydrogen-bond donors (Lipinski definition) is 2. The summed E-state index contributed by atoms with van der Waals surface area (Å²) in [6, 6.07) is 1.89. The number of nitrogens with one attached hydrogen (secondary N) is 1. The number of fused-ring (bicyclic) bond motifs is 3. The van der Waals surface area contributed by atoms with Crippen molar-refractivity contribution < 1.29 is 9.90 Å². The maximum Gasteiger partial charge on any atom is 0.262 e. The van der Waals surface area contributed by atoms with Gasteiger partial charge < -0.3 is 10.4 Å². The van der Waals surface area contributed by atoms with Crippen molar-refractivity contribution in [2.24, 2.45) is 0 Å². The quantitative estimate of drug-likeness (QED) is 0.779. The second kappa shape index (κ2) is 4.79. The first-order chi connectivity index (χ1) is 10.2. The number of carbonyl (C=O) groups is 1. The molecule has 2 N–H and O–H groups in total.